The van der Waals surface area contributed by atoms with E-state index < -0.39 is 24.4 Å². The molecule has 1 aromatic heterocycles. The van der Waals surface area contributed by atoms with Crippen LogP contribution >= 0.6 is 0 Å². The van der Waals surface area contributed by atoms with Gasteiger partial charge >= 0.3 is 5.97 Å². The Labute approximate surface area is 174 Å². The van der Waals surface area contributed by atoms with Crippen molar-refractivity contribution in [2.45, 2.75) is 13.8 Å². The molecule has 0 saturated heterocycles. The minimum Gasteiger partial charge on any atom is -0.459 e. The highest BCUT2D eigenvalue weighted by Crippen LogP contribution is 2.17. The van der Waals surface area contributed by atoms with Crippen molar-refractivity contribution in [3.05, 3.63) is 54.0 Å². The van der Waals surface area contributed by atoms with Crippen LogP contribution in [0, 0.1) is 0 Å². The van der Waals surface area contributed by atoms with E-state index in [1.165, 1.54) is 36.4 Å². The fourth-order valence-corrected chi connectivity index (χ4v) is 2.64. The highest BCUT2D eigenvalue weighted by Gasteiger charge is 2.20. The van der Waals surface area contributed by atoms with Crippen LogP contribution in [-0.4, -0.2) is 66.8 Å². The van der Waals surface area contributed by atoms with Gasteiger partial charge in [-0.25, -0.2) is 4.79 Å². The lowest BCUT2D eigenvalue weighted by molar-refractivity contribution is -0.140. The molecule has 3 amide bonds. The van der Waals surface area contributed by atoms with Crippen molar-refractivity contribution >= 4 is 29.4 Å². The number of carbonyl (C=O) groups is 4. The molecule has 9 heteroatoms. The van der Waals surface area contributed by atoms with E-state index in [-0.39, 0.29) is 29.5 Å². The quantitative estimate of drug-likeness (QED) is 0.628. The Hall–Kier alpha value is -3.62. The summed E-state index contributed by atoms with van der Waals surface area (Å²) in [6, 6.07) is 9.32. The summed E-state index contributed by atoms with van der Waals surface area (Å²) in [5.74, 6) is -1.91. The van der Waals surface area contributed by atoms with E-state index in [1.54, 1.807) is 23.1 Å². The zero-order valence-electron chi connectivity index (χ0n) is 17.2. The number of likely N-dealkylation sites (N-methyl/N-ethyl adjacent to an activating group) is 2. The van der Waals surface area contributed by atoms with Crippen LogP contribution in [0.3, 0.4) is 0 Å². The lowest BCUT2D eigenvalue weighted by atomic mass is 10.1. The van der Waals surface area contributed by atoms with Gasteiger partial charge in [0.2, 0.25) is 5.91 Å². The van der Waals surface area contributed by atoms with Crippen LogP contribution in [0.1, 0.15) is 34.8 Å². The van der Waals surface area contributed by atoms with Crippen LogP contribution in [0.15, 0.2) is 47.1 Å². The Morgan fingerprint density at radius 1 is 1.00 bits per heavy atom. The van der Waals surface area contributed by atoms with Crippen LogP contribution in [0.5, 0.6) is 0 Å². The zero-order valence-corrected chi connectivity index (χ0v) is 17.2. The van der Waals surface area contributed by atoms with Gasteiger partial charge in [-0.15, -0.1) is 0 Å². The molecule has 0 aliphatic heterocycles. The molecule has 0 bridgehead atoms. The lowest BCUT2D eigenvalue weighted by Crippen LogP contribution is -2.42. The number of para-hydroxylation sites is 1. The number of hydrogen-bond donors (Lipinski definition) is 1. The smallest absolute Gasteiger partial charge is 0.340 e. The van der Waals surface area contributed by atoms with E-state index in [0.717, 1.165) is 0 Å². The van der Waals surface area contributed by atoms with E-state index in [4.69, 9.17) is 9.15 Å². The molecule has 0 unspecified atom stereocenters. The number of carbonyl (C=O) groups excluding carboxylic acids is 4. The molecule has 0 aliphatic carbocycles. The summed E-state index contributed by atoms with van der Waals surface area (Å²) in [5.41, 5.74) is 0.313. The number of hydrogen-bond acceptors (Lipinski definition) is 6. The predicted molar refractivity (Wildman–Crippen MR) is 109 cm³/mol. The topological polar surface area (TPSA) is 109 Å². The van der Waals surface area contributed by atoms with Gasteiger partial charge in [0.25, 0.3) is 11.8 Å². The Balaban J connectivity index is 1.95. The van der Waals surface area contributed by atoms with E-state index in [2.05, 4.69) is 5.32 Å². The average Bonchev–Trinajstić information content (AvgIpc) is 3.28. The normalized spacial score (nSPS) is 10.2. The van der Waals surface area contributed by atoms with Crippen molar-refractivity contribution < 1.29 is 28.3 Å². The summed E-state index contributed by atoms with van der Waals surface area (Å²) < 4.78 is 10.1. The van der Waals surface area contributed by atoms with Gasteiger partial charge in [-0.05, 0) is 38.1 Å². The Morgan fingerprint density at radius 2 is 1.70 bits per heavy atom. The summed E-state index contributed by atoms with van der Waals surface area (Å²) in [6.45, 7) is 4.18. The van der Waals surface area contributed by atoms with Crippen LogP contribution in [-0.2, 0) is 14.3 Å². The van der Waals surface area contributed by atoms with E-state index in [1.807, 2.05) is 13.8 Å². The van der Waals surface area contributed by atoms with E-state index in [0.29, 0.717) is 13.1 Å². The van der Waals surface area contributed by atoms with Crippen molar-refractivity contribution in [1.82, 2.24) is 9.80 Å². The van der Waals surface area contributed by atoms with Crippen molar-refractivity contribution in [3.63, 3.8) is 0 Å². The summed E-state index contributed by atoms with van der Waals surface area (Å²) in [5, 5.41) is 2.58. The van der Waals surface area contributed by atoms with Gasteiger partial charge in [-0.2, -0.15) is 0 Å². The van der Waals surface area contributed by atoms with Gasteiger partial charge in [-0.1, -0.05) is 12.1 Å². The SMILES string of the molecule is CCN(CC)C(=O)CN(C)C(=O)COC(=O)c1ccccc1NC(=O)c1ccco1. The van der Waals surface area contributed by atoms with E-state index in [9.17, 15) is 19.2 Å². The molecule has 2 aromatic rings. The number of furan rings is 1. The highest BCUT2D eigenvalue weighted by atomic mass is 16.5. The zero-order chi connectivity index (χ0) is 22.1. The standard InChI is InChI=1S/C21H25N3O6/c1-4-24(5-2)18(25)13-23(3)19(26)14-30-21(28)15-9-6-7-10-16(15)22-20(27)17-11-8-12-29-17/h6-12H,4-5,13-14H2,1-3H3,(H,22,27). The fraction of sp³-hybridized carbons (Fsp3) is 0.333. The molecule has 0 atom stereocenters. The van der Waals surface area contributed by atoms with E-state index >= 15 is 0 Å². The Bertz CT molecular complexity index is 890. The molecule has 2 rings (SSSR count). The number of ether oxygens (including phenoxy) is 1. The minimum atomic E-state index is -0.776. The van der Waals surface area contributed by atoms with Gasteiger partial charge in [-0.3, -0.25) is 14.4 Å². The fourth-order valence-electron chi connectivity index (χ4n) is 2.64. The third-order valence-corrected chi connectivity index (χ3v) is 4.38. The molecule has 0 spiro atoms. The van der Waals surface area contributed by atoms with Gasteiger partial charge in [0.15, 0.2) is 12.4 Å². The number of nitrogens with one attached hydrogen (secondary N) is 1. The molecule has 160 valence electrons. The molecule has 0 fully saturated rings. The number of nitrogens with zero attached hydrogens (tertiary/aromatic N) is 2. The first-order valence-corrected chi connectivity index (χ1v) is 9.50. The first kappa shape index (κ1) is 22.7. The third-order valence-electron chi connectivity index (χ3n) is 4.38. The molecule has 9 nitrogen and oxygen atoms in total. The molecule has 1 N–H and O–H groups in total. The number of amides is 3. The number of anilines is 1. The van der Waals surface area contributed by atoms with Gasteiger partial charge in [0, 0.05) is 20.1 Å². The lowest BCUT2D eigenvalue weighted by Gasteiger charge is -2.23. The molecule has 30 heavy (non-hydrogen) atoms. The van der Waals surface area contributed by atoms with Gasteiger partial charge < -0.3 is 24.3 Å². The molecule has 0 saturated carbocycles. The molecule has 1 heterocycles. The average molecular weight is 415 g/mol. The maximum atomic E-state index is 12.4. The largest absolute Gasteiger partial charge is 0.459 e. The van der Waals surface area contributed by atoms with Gasteiger partial charge in [0.05, 0.1) is 24.1 Å². The maximum absolute atomic E-state index is 12.4. The molecule has 0 aliphatic rings. The summed E-state index contributed by atoms with van der Waals surface area (Å²) in [6.07, 6.45) is 1.36. The van der Waals surface area contributed by atoms with Crippen molar-refractivity contribution in [2.75, 3.05) is 38.6 Å². The Morgan fingerprint density at radius 3 is 2.33 bits per heavy atom. The van der Waals surface area contributed by atoms with Crippen LogP contribution in [0.2, 0.25) is 0 Å². The van der Waals surface area contributed by atoms with Crippen molar-refractivity contribution in [2.24, 2.45) is 0 Å². The third kappa shape index (κ3) is 5.94. The van der Waals surface area contributed by atoms with Crippen LogP contribution in [0.4, 0.5) is 5.69 Å². The van der Waals surface area contributed by atoms with Gasteiger partial charge in [0.1, 0.15) is 0 Å². The maximum Gasteiger partial charge on any atom is 0.340 e. The Kier molecular flexibility index (Phi) is 8.16. The number of esters is 1. The minimum absolute atomic E-state index is 0.0899. The number of benzene rings is 1. The summed E-state index contributed by atoms with van der Waals surface area (Å²) >= 11 is 0. The molecule has 1 aromatic carbocycles. The predicted octanol–water partition coefficient (Wildman–Crippen LogP) is 2.02. The molecular formula is C21H25N3O6. The second kappa shape index (κ2) is 10.8. The monoisotopic (exact) mass is 415 g/mol. The first-order valence-electron chi connectivity index (χ1n) is 9.50. The molecule has 0 radical (unpaired) electrons. The van der Waals surface area contributed by atoms with Crippen LogP contribution in [0.25, 0.3) is 0 Å². The highest BCUT2D eigenvalue weighted by molar-refractivity contribution is 6.06. The summed E-state index contributed by atoms with van der Waals surface area (Å²) in [7, 11) is 1.47. The summed E-state index contributed by atoms with van der Waals surface area (Å²) in [4.78, 5) is 51.7. The number of rotatable bonds is 9. The van der Waals surface area contributed by atoms with Crippen molar-refractivity contribution in [3.8, 4) is 0 Å². The second-order valence-electron chi connectivity index (χ2n) is 6.37. The van der Waals surface area contributed by atoms with Crippen molar-refractivity contribution in [1.29, 1.82) is 0 Å². The second-order valence-corrected chi connectivity index (χ2v) is 6.37. The first-order chi connectivity index (χ1) is 14.4. The van der Waals surface area contributed by atoms with Crippen LogP contribution < -0.4 is 5.32 Å². The molecular weight excluding hydrogens is 390 g/mol.